The fourth-order valence-electron chi connectivity index (χ4n) is 7.44. The van der Waals surface area contributed by atoms with Gasteiger partial charge < -0.3 is 5.11 Å². The van der Waals surface area contributed by atoms with Gasteiger partial charge in [0.1, 0.15) is 11.3 Å². The number of rotatable bonds is 0. The molecule has 1 spiro atoms. The Bertz CT molecular complexity index is 904. The number of quaternary nitrogens is 1. The second-order valence-corrected chi connectivity index (χ2v) is 8.21. The van der Waals surface area contributed by atoms with Crippen LogP contribution in [0.1, 0.15) is 49.4 Å². The van der Waals surface area contributed by atoms with Gasteiger partial charge >= 0.3 is 0 Å². The van der Waals surface area contributed by atoms with Gasteiger partial charge in [0.2, 0.25) is 0 Å². The zero-order valence-electron chi connectivity index (χ0n) is 13.2. The van der Waals surface area contributed by atoms with E-state index in [4.69, 9.17) is 0 Å². The Morgan fingerprint density at radius 3 is 2.41 bits per heavy atom. The third-order valence-electron chi connectivity index (χ3n) is 7.96. The first-order valence-corrected chi connectivity index (χ1v) is 8.27. The summed E-state index contributed by atoms with van der Waals surface area (Å²) in [6.45, 7) is 7.33. The molecule has 1 N–H and O–H groups in total. The third-order valence-corrected chi connectivity index (χ3v) is 7.96. The van der Waals surface area contributed by atoms with E-state index in [1.165, 1.54) is 27.6 Å². The van der Waals surface area contributed by atoms with Crippen LogP contribution in [0.5, 0.6) is 5.75 Å². The number of phenolic OH excluding ortho intramolecular Hbond substituents is 1. The molecule has 4 aliphatic heterocycles. The summed E-state index contributed by atoms with van der Waals surface area (Å²) in [5.41, 5.74) is 6.34. The molecule has 5 atom stereocenters. The predicted octanol–water partition coefficient (Wildman–Crippen LogP) is 3.72. The average molecular weight is 290 g/mol. The average Bonchev–Trinajstić information content (AvgIpc) is 2.84. The molecule has 2 fully saturated rings. The molecular formula is C20H20NO+. The van der Waals surface area contributed by atoms with Crippen molar-refractivity contribution in [1.29, 1.82) is 0 Å². The first-order valence-electron chi connectivity index (χ1n) is 8.27. The van der Waals surface area contributed by atoms with Gasteiger partial charge in [0.25, 0.3) is 0 Å². The molecule has 3 unspecified atom stereocenters. The molecule has 0 radical (unpaired) electrons. The van der Waals surface area contributed by atoms with E-state index in [0.29, 0.717) is 5.75 Å². The van der Waals surface area contributed by atoms with Crippen LogP contribution in [0, 0.1) is 0 Å². The topological polar surface area (TPSA) is 20.2 Å². The van der Waals surface area contributed by atoms with Crippen LogP contribution >= 0.6 is 0 Å². The molecule has 2 aromatic carbocycles. The standard InChI is InChI=1S/C20H19NO/c1-18-11-17-20(3)14-7-5-4-6-13(14)19(2,21(17,18)20)15-9-8-12(22)10-16(15)18/h4-10,17H,11H2,1-3H3/p+1/t17?,18-,19?,20-,21?/m0/s1. The molecule has 6 rings (SSSR count). The predicted molar refractivity (Wildman–Crippen MR) is 84.4 cm³/mol. The summed E-state index contributed by atoms with van der Waals surface area (Å²) in [6.07, 6.45) is 1.24. The van der Waals surface area contributed by atoms with E-state index in [1.807, 2.05) is 12.1 Å². The first kappa shape index (κ1) is 11.7. The van der Waals surface area contributed by atoms with Crippen molar-refractivity contribution in [2.75, 3.05) is 0 Å². The Labute approximate surface area is 130 Å². The highest BCUT2D eigenvalue weighted by molar-refractivity contribution is 5.62. The zero-order chi connectivity index (χ0) is 15.1. The molecule has 110 valence electrons. The summed E-state index contributed by atoms with van der Waals surface area (Å²) in [5.74, 6) is 0.406. The van der Waals surface area contributed by atoms with Gasteiger partial charge in [-0.25, -0.2) is 0 Å². The summed E-state index contributed by atoms with van der Waals surface area (Å²) in [5, 5.41) is 10.0. The number of aromatic hydroxyl groups is 1. The minimum absolute atomic E-state index is 0.0477. The van der Waals surface area contributed by atoms with Gasteiger partial charge in [-0.15, -0.1) is 0 Å². The molecule has 2 saturated heterocycles. The van der Waals surface area contributed by atoms with Gasteiger partial charge in [0.15, 0.2) is 17.1 Å². The van der Waals surface area contributed by atoms with Crippen molar-refractivity contribution in [2.45, 2.75) is 49.9 Å². The van der Waals surface area contributed by atoms with E-state index in [1.54, 1.807) is 5.56 Å². The second-order valence-electron chi connectivity index (χ2n) is 8.21. The number of fused-ring (bicyclic) bond motifs is 7. The van der Waals surface area contributed by atoms with Gasteiger partial charge in [-0.1, -0.05) is 24.3 Å². The van der Waals surface area contributed by atoms with Crippen molar-refractivity contribution >= 4 is 0 Å². The van der Waals surface area contributed by atoms with Gasteiger partial charge in [0, 0.05) is 29.2 Å². The summed E-state index contributed by atoms with van der Waals surface area (Å²) in [6, 6.07) is 15.9. The maximum absolute atomic E-state index is 10.0. The second kappa shape index (κ2) is 2.74. The van der Waals surface area contributed by atoms with Crippen molar-refractivity contribution in [3.63, 3.8) is 0 Å². The normalized spacial score (nSPS) is 48.0. The third kappa shape index (κ3) is 0.692. The number of hydrogen-bond donors (Lipinski definition) is 1. The largest absolute Gasteiger partial charge is 0.508 e. The van der Waals surface area contributed by atoms with Crippen LogP contribution in [0.15, 0.2) is 42.5 Å². The van der Waals surface area contributed by atoms with E-state index >= 15 is 0 Å². The monoisotopic (exact) mass is 290 g/mol. The Kier molecular flexibility index (Phi) is 1.46. The van der Waals surface area contributed by atoms with Gasteiger partial charge in [-0.2, -0.15) is 0 Å². The van der Waals surface area contributed by atoms with Gasteiger partial charge in [0.05, 0.1) is 6.42 Å². The lowest BCUT2D eigenvalue weighted by atomic mass is 9.79. The molecule has 4 aliphatic rings. The molecule has 4 heterocycles. The minimum Gasteiger partial charge on any atom is -0.508 e. The van der Waals surface area contributed by atoms with Crippen LogP contribution in [-0.4, -0.2) is 15.6 Å². The van der Waals surface area contributed by atoms with Crippen LogP contribution in [-0.2, 0) is 16.6 Å². The molecule has 2 nitrogen and oxygen atoms in total. The maximum atomic E-state index is 10.0. The highest BCUT2D eigenvalue weighted by Gasteiger charge is 3.01. The van der Waals surface area contributed by atoms with Crippen molar-refractivity contribution < 1.29 is 9.59 Å². The van der Waals surface area contributed by atoms with E-state index < -0.39 is 0 Å². The molecule has 22 heavy (non-hydrogen) atoms. The van der Waals surface area contributed by atoms with E-state index in [9.17, 15) is 5.11 Å². The van der Waals surface area contributed by atoms with Crippen LogP contribution in [0.4, 0.5) is 0 Å². The number of nitrogens with zero attached hydrogens (tertiary/aromatic N) is 1. The van der Waals surface area contributed by atoms with E-state index in [2.05, 4.69) is 51.1 Å². The quantitative estimate of drug-likeness (QED) is 0.579. The lowest BCUT2D eigenvalue weighted by Crippen LogP contribution is -2.60. The van der Waals surface area contributed by atoms with Gasteiger partial charge in [-0.3, -0.25) is 4.48 Å². The highest BCUT2D eigenvalue weighted by atomic mass is 16.3. The smallest absolute Gasteiger partial charge is 0.177 e. The Balaban J connectivity index is 1.81. The van der Waals surface area contributed by atoms with E-state index in [0.717, 1.165) is 6.04 Å². The Morgan fingerprint density at radius 1 is 0.955 bits per heavy atom. The Morgan fingerprint density at radius 2 is 1.64 bits per heavy atom. The SMILES string of the molecule is CC12c3ccc(O)cc3[C@]3(C)CC4[C@](C)(c5ccccc51)[N+]423. The zero-order valence-corrected chi connectivity index (χ0v) is 13.2. The molecule has 2 heteroatoms. The number of hydrogen-bond acceptors (Lipinski definition) is 1. The fourth-order valence-corrected chi connectivity index (χ4v) is 7.44. The van der Waals surface area contributed by atoms with Crippen molar-refractivity contribution in [3.8, 4) is 5.75 Å². The number of phenols is 1. The lowest BCUT2D eigenvalue weighted by molar-refractivity contribution is -0.971. The summed E-state index contributed by atoms with van der Waals surface area (Å²) in [7, 11) is 0. The van der Waals surface area contributed by atoms with Gasteiger partial charge in [-0.05, 0) is 32.0 Å². The minimum atomic E-state index is 0.0477. The van der Waals surface area contributed by atoms with E-state index in [-0.39, 0.29) is 16.6 Å². The summed E-state index contributed by atoms with van der Waals surface area (Å²) >= 11 is 0. The van der Waals surface area contributed by atoms with Crippen LogP contribution < -0.4 is 0 Å². The van der Waals surface area contributed by atoms with Crippen LogP contribution in [0.2, 0.25) is 0 Å². The van der Waals surface area contributed by atoms with Crippen LogP contribution in [0.25, 0.3) is 0 Å². The molecule has 0 amide bonds. The molecule has 0 bridgehead atoms. The molecule has 0 saturated carbocycles. The lowest BCUT2D eigenvalue weighted by Gasteiger charge is -2.48. The van der Waals surface area contributed by atoms with Crippen molar-refractivity contribution in [3.05, 3.63) is 64.7 Å². The summed E-state index contributed by atoms with van der Waals surface area (Å²) in [4.78, 5) is 0. The highest BCUT2D eigenvalue weighted by Crippen LogP contribution is 2.89. The van der Waals surface area contributed by atoms with Crippen molar-refractivity contribution in [2.24, 2.45) is 0 Å². The maximum Gasteiger partial charge on any atom is 0.177 e. The molecule has 0 aliphatic carbocycles. The molecule has 0 aromatic heterocycles. The molecular weight excluding hydrogens is 270 g/mol. The molecule has 2 aromatic rings. The fraction of sp³-hybridized carbons (Fsp3) is 0.400. The first-order chi connectivity index (χ1) is 10.4. The Hall–Kier alpha value is -1.80. The van der Waals surface area contributed by atoms with Crippen LogP contribution in [0.3, 0.4) is 0 Å². The summed E-state index contributed by atoms with van der Waals surface area (Å²) < 4.78 is 1.17. The van der Waals surface area contributed by atoms with Crippen molar-refractivity contribution in [1.82, 2.24) is 0 Å². The number of benzene rings is 2.